The van der Waals surface area contributed by atoms with E-state index in [2.05, 4.69) is 56.0 Å². The van der Waals surface area contributed by atoms with Crippen molar-refractivity contribution in [3.63, 3.8) is 0 Å². The van der Waals surface area contributed by atoms with Crippen LogP contribution in [0.4, 0.5) is 0 Å². The summed E-state index contributed by atoms with van der Waals surface area (Å²) in [6.45, 7) is 8.72. The number of hydrogen-bond donors (Lipinski definition) is 3. The Morgan fingerprint density at radius 1 is 0.950 bits per heavy atom. The average Bonchev–Trinajstić information content (AvgIpc) is 3.32. The lowest BCUT2D eigenvalue weighted by Crippen LogP contribution is -2.62. The van der Waals surface area contributed by atoms with Crippen LogP contribution >= 0.6 is 0 Å². The third-order valence-corrected chi connectivity index (χ3v) is 13.5. The molecule has 11 unspecified atom stereocenters. The number of carbonyl (C=O) groups is 1. The molecule has 0 bridgehead atoms. The maximum absolute atomic E-state index is 13.2. The molecule has 1 saturated heterocycles. The van der Waals surface area contributed by atoms with Crippen molar-refractivity contribution in [2.24, 2.45) is 46.3 Å². The van der Waals surface area contributed by atoms with Crippen LogP contribution in [-0.4, -0.2) is 57.5 Å². The maximum Gasteiger partial charge on any atom is 0.222 e. The summed E-state index contributed by atoms with van der Waals surface area (Å²) in [4.78, 5) is 15.3. The number of nitrogens with zero attached hydrogens (tertiary/aromatic N) is 1. The first kappa shape index (κ1) is 28.7. The van der Waals surface area contributed by atoms with E-state index in [0.717, 1.165) is 77.3 Å². The van der Waals surface area contributed by atoms with Gasteiger partial charge in [-0.05, 0) is 122 Å². The normalized spacial score (nSPS) is 44.4. The first-order chi connectivity index (χ1) is 19.1. The first-order valence-electron chi connectivity index (χ1n) is 16.5. The van der Waals surface area contributed by atoms with Crippen molar-refractivity contribution in [2.75, 3.05) is 13.1 Å². The van der Waals surface area contributed by atoms with Gasteiger partial charge in [0.15, 0.2) is 0 Å². The van der Waals surface area contributed by atoms with E-state index in [1.165, 1.54) is 5.56 Å². The molecule has 1 aromatic carbocycles. The lowest BCUT2D eigenvalue weighted by Gasteiger charge is -2.63. The minimum Gasteiger partial charge on any atom is -0.393 e. The molecule has 11 atom stereocenters. The summed E-state index contributed by atoms with van der Waals surface area (Å²) in [7, 11) is 0. The van der Waals surface area contributed by atoms with E-state index in [9.17, 15) is 20.1 Å². The number of carbonyl (C=O) groups excluding carboxylic acids is 1. The van der Waals surface area contributed by atoms with E-state index in [0.29, 0.717) is 47.8 Å². The zero-order valence-corrected chi connectivity index (χ0v) is 25.0. The van der Waals surface area contributed by atoms with Gasteiger partial charge in [0.2, 0.25) is 5.91 Å². The summed E-state index contributed by atoms with van der Waals surface area (Å²) in [5.41, 5.74) is 1.31. The van der Waals surface area contributed by atoms with Crippen LogP contribution in [0.2, 0.25) is 0 Å². The topological polar surface area (TPSA) is 81.0 Å². The lowest BCUT2D eigenvalue weighted by atomic mass is 9.43. The SMILES string of the molecule is CC(CCC(=O)N1CCC(c2ccccc2)CC1)C1CCC2C3C(O)CC4CC(O)CCC4(C)C3CC(O)C12C. The Balaban J connectivity index is 1.08. The van der Waals surface area contributed by atoms with Crippen LogP contribution in [0.1, 0.15) is 103 Å². The molecule has 40 heavy (non-hydrogen) atoms. The molecule has 6 rings (SSSR count). The summed E-state index contributed by atoms with van der Waals surface area (Å²) in [5, 5.41) is 33.7. The van der Waals surface area contributed by atoms with E-state index in [1.54, 1.807) is 0 Å². The number of amides is 1. The number of likely N-dealkylation sites (tertiary alicyclic amines) is 1. The van der Waals surface area contributed by atoms with Crippen LogP contribution in [0, 0.1) is 46.3 Å². The van der Waals surface area contributed by atoms with Crippen LogP contribution in [-0.2, 0) is 4.79 Å². The summed E-state index contributed by atoms with van der Waals surface area (Å²) >= 11 is 0. The fourth-order valence-corrected chi connectivity index (χ4v) is 11.0. The van der Waals surface area contributed by atoms with E-state index in [1.807, 2.05) is 0 Å². The zero-order valence-electron chi connectivity index (χ0n) is 25.0. The van der Waals surface area contributed by atoms with Crippen molar-refractivity contribution in [1.29, 1.82) is 0 Å². The fraction of sp³-hybridized carbons (Fsp3) is 0.800. The Morgan fingerprint density at radius 2 is 1.68 bits per heavy atom. The third-order valence-electron chi connectivity index (χ3n) is 13.5. The Bertz CT molecular complexity index is 1040. The zero-order chi connectivity index (χ0) is 28.2. The van der Waals surface area contributed by atoms with E-state index < -0.39 is 0 Å². The molecule has 222 valence electrons. The Kier molecular flexibility index (Phi) is 7.89. The highest BCUT2D eigenvalue weighted by Crippen LogP contribution is 2.68. The van der Waals surface area contributed by atoms with Crippen LogP contribution in [0.15, 0.2) is 30.3 Å². The minimum atomic E-state index is -0.365. The molecule has 5 aliphatic rings. The second-order valence-electron chi connectivity index (χ2n) is 15.1. The maximum atomic E-state index is 13.2. The molecule has 0 radical (unpaired) electrons. The summed E-state index contributed by atoms with van der Waals surface area (Å²) in [5.74, 6) is 2.87. The van der Waals surface area contributed by atoms with Gasteiger partial charge < -0.3 is 20.2 Å². The number of rotatable bonds is 5. The van der Waals surface area contributed by atoms with E-state index >= 15 is 0 Å². The molecule has 1 aromatic rings. The predicted octanol–water partition coefficient (Wildman–Crippen LogP) is 5.77. The second kappa shape index (κ2) is 11.0. The molecule has 5 heteroatoms. The van der Waals surface area contributed by atoms with Crippen molar-refractivity contribution >= 4 is 5.91 Å². The number of fused-ring (bicyclic) bond motifs is 5. The Morgan fingerprint density at radius 3 is 2.40 bits per heavy atom. The summed E-state index contributed by atoms with van der Waals surface area (Å²) < 4.78 is 0. The number of piperidine rings is 1. The van der Waals surface area contributed by atoms with Gasteiger partial charge in [0, 0.05) is 19.5 Å². The second-order valence-corrected chi connectivity index (χ2v) is 15.1. The highest BCUT2D eigenvalue weighted by atomic mass is 16.3. The quantitative estimate of drug-likeness (QED) is 0.434. The molecule has 4 aliphatic carbocycles. The van der Waals surface area contributed by atoms with E-state index in [-0.39, 0.29) is 35.1 Å². The van der Waals surface area contributed by atoms with E-state index in [4.69, 9.17) is 0 Å². The Labute approximate surface area is 241 Å². The lowest BCUT2D eigenvalue weighted by molar-refractivity contribution is -0.207. The molecule has 0 spiro atoms. The van der Waals surface area contributed by atoms with Gasteiger partial charge in [-0.25, -0.2) is 0 Å². The molecule has 3 N–H and O–H groups in total. The molecular weight excluding hydrogens is 498 g/mol. The van der Waals surface area contributed by atoms with Crippen molar-refractivity contribution in [1.82, 2.24) is 4.90 Å². The molecular formula is C35H53NO4. The predicted molar refractivity (Wildman–Crippen MR) is 157 cm³/mol. The summed E-state index contributed by atoms with van der Waals surface area (Å²) in [6.07, 6.45) is 9.02. The number of benzene rings is 1. The van der Waals surface area contributed by atoms with Gasteiger partial charge in [-0.15, -0.1) is 0 Å². The monoisotopic (exact) mass is 551 g/mol. The van der Waals surface area contributed by atoms with Crippen molar-refractivity contribution in [3.05, 3.63) is 35.9 Å². The van der Waals surface area contributed by atoms with Gasteiger partial charge in [0.1, 0.15) is 0 Å². The molecule has 4 saturated carbocycles. The van der Waals surface area contributed by atoms with Gasteiger partial charge in [0.05, 0.1) is 18.3 Å². The average molecular weight is 552 g/mol. The van der Waals surface area contributed by atoms with Crippen LogP contribution in [0.5, 0.6) is 0 Å². The van der Waals surface area contributed by atoms with Gasteiger partial charge in [-0.1, -0.05) is 51.1 Å². The summed E-state index contributed by atoms with van der Waals surface area (Å²) in [6, 6.07) is 10.7. The fourth-order valence-electron chi connectivity index (χ4n) is 11.0. The molecule has 5 nitrogen and oxygen atoms in total. The van der Waals surface area contributed by atoms with Gasteiger partial charge in [0.25, 0.3) is 0 Å². The molecule has 1 heterocycles. The highest BCUT2D eigenvalue weighted by molar-refractivity contribution is 5.76. The molecule has 5 fully saturated rings. The third kappa shape index (κ3) is 4.76. The van der Waals surface area contributed by atoms with Crippen molar-refractivity contribution < 1.29 is 20.1 Å². The largest absolute Gasteiger partial charge is 0.393 e. The van der Waals surface area contributed by atoms with Gasteiger partial charge in [-0.2, -0.15) is 0 Å². The molecule has 1 aliphatic heterocycles. The van der Waals surface area contributed by atoms with Crippen LogP contribution in [0.25, 0.3) is 0 Å². The minimum absolute atomic E-state index is 0.107. The van der Waals surface area contributed by atoms with Gasteiger partial charge >= 0.3 is 0 Å². The van der Waals surface area contributed by atoms with Gasteiger partial charge in [-0.3, -0.25) is 4.79 Å². The number of aliphatic hydroxyl groups is 3. The van der Waals surface area contributed by atoms with Crippen molar-refractivity contribution in [2.45, 2.75) is 116 Å². The standard InChI is InChI=1S/C35H53NO4/c1-22(9-12-32(40)36-17-14-24(15-18-36)23-7-5-4-6-8-23)27-10-11-28-33-29(21-31(39)35(27,28)3)34(2)16-13-26(37)19-25(34)20-30(33)38/h4-8,22,24-31,33,37-39H,9-21H2,1-3H3. The van der Waals surface area contributed by atoms with Crippen molar-refractivity contribution in [3.8, 4) is 0 Å². The molecule has 0 aromatic heterocycles. The van der Waals surface area contributed by atoms with Crippen LogP contribution < -0.4 is 0 Å². The Hall–Kier alpha value is -1.43. The highest BCUT2D eigenvalue weighted by Gasteiger charge is 2.65. The number of hydrogen-bond acceptors (Lipinski definition) is 4. The number of aliphatic hydroxyl groups excluding tert-OH is 3. The molecule has 1 amide bonds. The van der Waals surface area contributed by atoms with Crippen LogP contribution in [0.3, 0.4) is 0 Å². The smallest absolute Gasteiger partial charge is 0.222 e. The first-order valence-corrected chi connectivity index (χ1v) is 16.5.